The van der Waals surface area contributed by atoms with Crippen LogP contribution in [0, 0.1) is 0 Å². The van der Waals surface area contributed by atoms with Crippen molar-refractivity contribution >= 4 is 44.1 Å². The van der Waals surface area contributed by atoms with Crippen molar-refractivity contribution in [3.63, 3.8) is 0 Å². The number of ether oxygens (including phenoxy) is 4. The number of rotatable bonds is 12. The number of Topliss-reactive ketones (excluding diaryl/α,β-unsaturated/α-hetero) is 1. The second-order valence-electron chi connectivity index (χ2n) is 9.80. The lowest BCUT2D eigenvalue weighted by atomic mass is 9.95. The first-order chi connectivity index (χ1) is 20.9. The molecule has 9 nitrogen and oxygen atoms in total. The Labute approximate surface area is 254 Å². The summed E-state index contributed by atoms with van der Waals surface area (Å²) >= 11 is 1.27. The number of benzene rings is 3. The number of aromatic nitrogens is 1. The van der Waals surface area contributed by atoms with E-state index in [1.807, 2.05) is 32.0 Å². The van der Waals surface area contributed by atoms with Crippen LogP contribution in [-0.4, -0.2) is 48.7 Å². The van der Waals surface area contributed by atoms with E-state index in [0.717, 1.165) is 17.5 Å². The van der Waals surface area contributed by atoms with Gasteiger partial charge in [-0.15, -0.1) is 0 Å². The maximum absolute atomic E-state index is 13.7. The lowest BCUT2D eigenvalue weighted by Crippen LogP contribution is -2.29. The van der Waals surface area contributed by atoms with Gasteiger partial charge in [-0.25, -0.2) is 4.98 Å². The maximum Gasteiger partial charge on any atom is 0.301 e. The van der Waals surface area contributed by atoms with E-state index in [1.54, 1.807) is 42.5 Å². The number of carbonyl (C=O) groups is 2. The van der Waals surface area contributed by atoms with Crippen molar-refractivity contribution in [3.8, 4) is 23.0 Å². The number of thiazole rings is 1. The van der Waals surface area contributed by atoms with Crippen LogP contribution < -0.4 is 23.8 Å². The lowest BCUT2D eigenvalue weighted by molar-refractivity contribution is -0.132. The standard InChI is InChI=1S/C33H34N2O7S/c1-5-8-17-42-25-16-11-21(18-26(25)39-4)29-28(30(36)20-9-12-22(13-10-20)40-6-2)31(37)32(38)35(29)33-34-24-15-14-23(41-7-3)19-27(24)43-33/h9-16,18-19,29,36H,5-8,17H2,1-4H3. The first-order valence-corrected chi connectivity index (χ1v) is 15.1. The zero-order valence-electron chi connectivity index (χ0n) is 24.6. The molecule has 43 heavy (non-hydrogen) atoms. The fourth-order valence-corrected chi connectivity index (χ4v) is 5.95. The molecule has 1 atom stereocenters. The number of hydrogen-bond donors (Lipinski definition) is 1. The molecule has 5 rings (SSSR count). The summed E-state index contributed by atoms with van der Waals surface area (Å²) in [7, 11) is 1.53. The molecule has 0 bridgehead atoms. The third kappa shape index (κ3) is 6.01. The van der Waals surface area contributed by atoms with Crippen LogP contribution in [0.15, 0.2) is 66.2 Å². The highest BCUT2D eigenvalue weighted by Gasteiger charge is 2.48. The number of ketones is 1. The Hall–Kier alpha value is -4.57. The van der Waals surface area contributed by atoms with Crippen molar-refractivity contribution in [2.75, 3.05) is 31.8 Å². The van der Waals surface area contributed by atoms with Crippen LogP contribution in [0.3, 0.4) is 0 Å². The summed E-state index contributed by atoms with van der Waals surface area (Å²) in [6, 6.07) is 16.5. The molecular formula is C33H34N2O7S. The molecule has 0 aliphatic carbocycles. The van der Waals surface area contributed by atoms with Gasteiger partial charge in [-0.1, -0.05) is 30.7 Å². The van der Waals surface area contributed by atoms with Gasteiger partial charge in [0.25, 0.3) is 5.78 Å². The van der Waals surface area contributed by atoms with Crippen LogP contribution in [0.1, 0.15) is 50.8 Å². The predicted molar refractivity (Wildman–Crippen MR) is 167 cm³/mol. The van der Waals surface area contributed by atoms with Gasteiger partial charge in [0.05, 0.1) is 48.8 Å². The molecule has 1 N–H and O–H groups in total. The molecule has 0 radical (unpaired) electrons. The van der Waals surface area contributed by atoms with Crippen LogP contribution in [-0.2, 0) is 9.59 Å². The maximum atomic E-state index is 13.7. The SMILES string of the molecule is CCCCOc1ccc(C2C(=C(O)c3ccc(OCC)cc3)C(=O)C(=O)N2c2nc3ccc(OCC)cc3s2)cc1OC. The first-order valence-electron chi connectivity index (χ1n) is 14.3. The average molecular weight is 603 g/mol. The highest BCUT2D eigenvalue weighted by Crippen LogP contribution is 2.46. The van der Waals surface area contributed by atoms with E-state index in [9.17, 15) is 14.7 Å². The van der Waals surface area contributed by atoms with Crippen LogP contribution in [0.25, 0.3) is 16.0 Å². The third-order valence-corrected chi connectivity index (χ3v) is 8.03. The van der Waals surface area contributed by atoms with Crippen LogP contribution >= 0.6 is 11.3 Å². The molecule has 1 fully saturated rings. The van der Waals surface area contributed by atoms with Crippen LogP contribution in [0.5, 0.6) is 23.0 Å². The minimum atomic E-state index is -0.975. The number of amides is 1. The van der Waals surface area contributed by atoms with Crippen molar-refractivity contribution in [2.24, 2.45) is 0 Å². The first kappa shape index (κ1) is 29.9. The van der Waals surface area contributed by atoms with E-state index in [2.05, 4.69) is 6.92 Å². The number of aliphatic hydroxyl groups excluding tert-OH is 1. The number of fused-ring (bicyclic) bond motifs is 1. The van der Waals surface area contributed by atoms with E-state index < -0.39 is 17.7 Å². The lowest BCUT2D eigenvalue weighted by Gasteiger charge is -2.24. The summed E-state index contributed by atoms with van der Waals surface area (Å²) in [6.07, 6.45) is 1.87. The number of aliphatic hydroxyl groups is 1. The van der Waals surface area contributed by atoms with Crippen molar-refractivity contribution in [1.82, 2.24) is 4.98 Å². The molecular weight excluding hydrogens is 568 g/mol. The Morgan fingerprint density at radius 1 is 0.907 bits per heavy atom. The van der Waals surface area contributed by atoms with Crippen molar-refractivity contribution in [2.45, 2.75) is 39.7 Å². The fourth-order valence-electron chi connectivity index (χ4n) is 4.93. The summed E-state index contributed by atoms with van der Waals surface area (Å²) in [5.41, 5.74) is 1.54. The van der Waals surface area contributed by atoms with E-state index in [1.165, 1.54) is 23.3 Å². The van der Waals surface area contributed by atoms with Gasteiger partial charge in [-0.05, 0) is 80.4 Å². The highest BCUT2D eigenvalue weighted by atomic mass is 32.1. The number of nitrogens with zero attached hydrogens (tertiary/aromatic N) is 2. The molecule has 224 valence electrons. The quantitative estimate of drug-likeness (QED) is 0.0807. The molecule has 1 aliphatic heterocycles. The van der Waals surface area contributed by atoms with Gasteiger partial charge in [0.2, 0.25) is 0 Å². The van der Waals surface area contributed by atoms with Gasteiger partial charge < -0.3 is 24.1 Å². The molecule has 1 aliphatic rings. The van der Waals surface area contributed by atoms with E-state index in [0.29, 0.717) is 64.6 Å². The second-order valence-corrected chi connectivity index (χ2v) is 10.8. The largest absolute Gasteiger partial charge is 0.507 e. The highest BCUT2D eigenvalue weighted by molar-refractivity contribution is 7.22. The molecule has 2 heterocycles. The number of anilines is 1. The Kier molecular flexibility index (Phi) is 9.16. The summed E-state index contributed by atoms with van der Waals surface area (Å²) < 4.78 is 23.5. The molecule has 1 saturated heterocycles. The van der Waals surface area contributed by atoms with E-state index in [4.69, 9.17) is 23.9 Å². The van der Waals surface area contributed by atoms with Crippen LogP contribution in [0.4, 0.5) is 5.13 Å². The van der Waals surface area contributed by atoms with Gasteiger partial charge >= 0.3 is 5.91 Å². The molecule has 0 saturated carbocycles. The van der Waals surface area contributed by atoms with Crippen molar-refractivity contribution in [1.29, 1.82) is 0 Å². The summed E-state index contributed by atoms with van der Waals surface area (Å²) in [6.45, 7) is 7.39. The van der Waals surface area contributed by atoms with Crippen molar-refractivity contribution in [3.05, 3.63) is 77.4 Å². The minimum absolute atomic E-state index is 0.0508. The van der Waals surface area contributed by atoms with Gasteiger partial charge in [0, 0.05) is 5.56 Å². The van der Waals surface area contributed by atoms with E-state index in [-0.39, 0.29) is 11.3 Å². The Bertz CT molecular complexity index is 1660. The normalized spacial score (nSPS) is 16.1. The molecule has 1 unspecified atom stereocenters. The van der Waals surface area contributed by atoms with Gasteiger partial charge in [-0.3, -0.25) is 14.5 Å². The molecule has 10 heteroatoms. The van der Waals surface area contributed by atoms with Crippen LogP contribution in [0.2, 0.25) is 0 Å². The predicted octanol–water partition coefficient (Wildman–Crippen LogP) is 6.91. The zero-order valence-corrected chi connectivity index (χ0v) is 25.4. The molecule has 1 aromatic heterocycles. The molecule has 1 amide bonds. The molecule has 4 aromatic rings. The fraction of sp³-hybridized carbons (Fsp3) is 0.303. The average Bonchev–Trinajstić information content (AvgIpc) is 3.55. The number of carbonyl (C=O) groups excluding carboxylic acids is 2. The molecule has 3 aromatic carbocycles. The number of hydrogen-bond acceptors (Lipinski definition) is 9. The third-order valence-electron chi connectivity index (χ3n) is 7.01. The van der Waals surface area contributed by atoms with Crippen molar-refractivity contribution < 1.29 is 33.6 Å². The summed E-state index contributed by atoms with van der Waals surface area (Å²) in [5, 5.41) is 11.9. The summed E-state index contributed by atoms with van der Waals surface area (Å²) in [4.78, 5) is 33.4. The van der Waals surface area contributed by atoms with Gasteiger partial charge in [0.15, 0.2) is 16.6 Å². The van der Waals surface area contributed by atoms with E-state index >= 15 is 0 Å². The zero-order chi connectivity index (χ0) is 30.5. The van der Waals surface area contributed by atoms with Gasteiger partial charge in [-0.2, -0.15) is 0 Å². The Balaban J connectivity index is 1.65. The Morgan fingerprint density at radius 3 is 2.33 bits per heavy atom. The number of unbranched alkanes of at least 4 members (excludes halogenated alkanes) is 1. The smallest absolute Gasteiger partial charge is 0.301 e. The topological polar surface area (TPSA) is 107 Å². The monoisotopic (exact) mass is 602 g/mol. The minimum Gasteiger partial charge on any atom is -0.507 e. The second kappa shape index (κ2) is 13.2. The molecule has 0 spiro atoms. The van der Waals surface area contributed by atoms with Gasteiger partial charge in [0.1, 0.15) is 17.3 Å². The number of methoxy groups -OCH3 is 1. The summed E-state index contributed by atoms with van der Waals surface area (Å²) in [5.74, 6) is 0.410. The Morgan fingerprint density at radius 2 is 1.63 bits per heavy atom.